The first-order valence-electron chi connectivity index (χ1n) is 9.71. The Balaban J connectivity index is 1.53. The number of fused-ring (bicyclic) bond motifs is 2. The standard InChI is InChI=1S/C21H27NO4/c1-13-7-17-16(18(23)8-13)9-15-10-19(24)20(17)22(11-15)21(25)26-12-14-5-3-2-4-6-14/h2-6,13,15-17,19-20,24H,7-12H2,1H3/t13-,15+,16-,17-,19-,20-/m1/s1. The van der Waals surface area contributed by atoms with Crippen molar-refractivity contribution in [2.75, 3.05) is 6.54 Å². The predicted octanol–water partition coefficient (Wildman–Crippen LogP) is 3.01. The van der Waals surface area contributed by atoms with Gasteiger partial charge in [-0.15, -0.1) is 0 Å². The Morgan fingerprint density at radius 1 is 1.23 bits per heavy atom. The molecule has 26 heavy (non-hydrogen) atoms. The maximum Gasteiger partial charge on any atom is 0.410 e. The highest BCUT2D eigenvalue weighted by atomic mass is 16.6. The molecule has 5 nitrogen and oxygen atoms in total. The second kappa shape index (κ2) is 7.03. The Labute approximate surface area is 154 Å². The number of ether oxygens (including phenoxy) is 1. The summed E-state index contributed by atoms with van der Waals surface area (Å²) in [6.45, 7) is 2.91. The van der Waals surface area contributed by atoms with Gasteiger partial charge in [0.05, 0.1) is 12.1 Å². The summed E-state index contributed by atoms with van der Waals surface area (Å²) < 4.78 is 5.55. The molecule has 2 bridgehead atoms. The Hall–Kier alpha value is -1.88. The molecule has 2 saturated carbocycles. The molecule has 1 aromatic rings. The van der Waals surface area contributed by atoms with Gasteiger partial charge in [0, 0.05) is 18.9 Å². The third-order valence-electron chi connectivity index (χ3n) is 6.40. The van der Waals surface area contributed by atoms with Crippen molar-refractivity contribution in [3.8, 4) is 0 Å². The Bertz CT molecular complexity index is 676. The molecule has 2 heterocycles. The molecule has 5 heteroatoms. The summed E-state index contributed by atoms with van der Waals surface area (Å²) in [5.41, 5.74) is 0.945. The van der Waals surface area contributed by atoms with Crippen LogP contribution >= 0.6 is 0 Å². The van der Waals surface area contributed by atoms with Gasteiger partial charge in [0.2, 0.25) is 0 Å². The summed E-state index contributed by atoms with van der Waals surface area (Å²) >= 11 is 0. The number of Topliss-reactive ketones (excluding diaryl/α,β-unsaturated/α-hetero) is 1. The Morgan fingerprint density at radius 2 is 2.00 bits per heavy atom. The molecule has 0 spiro atoms. The van der Waals surface area contributed by atoms with E-state index in [-0.39, 0.29) is 36.5 Å². The van der Waals surface area contributed by atoms with Crippen LogP contribution in [0.4, 0.5) is 4.79 Å². The van der Waals surface area contributed by atoms with Gasteiger partial charge in [-0.3, -0.25) is 4.79 Å². The molecule has 4 aliphatic rings. The summed E-state index contributed by atoms with van der Waals surface area (Å²) in [5, 5.41) is 10.7. The van der Waals surface area contributed by atoms with Gasteiger partial charge in [-0.05, 0) is 42.6 Å². The summed E-state index contributed by atoms with van der Waals surface area (Å²) in [6.07, 6.45) is 2.08. The van der Waals surface area contributed by atoms with Crippen LogP contribution in [-0.4, -0.2) is 40.6 Å². The van der Waals surface area contributed by atoms with Crippen LogP contribution in [0.3, 0.4) is 0 Å². The third kappa shape index (κ3) is 3.25. The molecular formula is C21H27NO4. The molecule has 0 unspecified atom stereocenters. The van der Waals surface area contributed by atoms with Crippen molar-refractivity contribution in [2.45, 2.75) is 51.4 Å². The second-order valence-electron chi connectivity index (χ2n) is 8.37. The van der Waals surface area contributed by atoms with Crippen LogP contribution in [0.1, 0.15) is 38.2 Å². The lowest BCUT2D eigenvalue weighted by atomic mass is 9.69. The van der Waals surface area contributed by atoms with Crippen LogP contribution in [0.25, 0.3) is 0 Å². The van der Waals surface area contributed by atoms with Crippen LogP contribution in [0.2, 0.25) is 0 Å². The van der Waals surface area contributed by atoms with E-state index in [4.69, 9.17) is 4.74 Å². The zero-order chi connectivity index (χ0) is 18.3. The Morgan fingerprint density at radius 3 is 2.77 bits per heavy atom. The van der Waals surface area contributed by atoms with Crippen molar-refractivity contribution in [1.82, 2.24) is 4.90 Å². The van der Waals surface area contributed by atoms with Crippen LogP contribution in [-0.2, 0) is 16.1 Å². The molecule has 4 fully saturated rings. The number of aliphatic hydroxyl groups is 1. The smallest absolute Gasteiger partial charge is 0.410 e. The first-order valence-corrected chi connectivity index (χ1v) is 9.71. The third-order valence-corrected chi connectivity index (χ3v) is 6.40. The lowest BCUT2D eigenvalue weighted by Gasteiger charge is -2.44. The van der Waals surface area contributed by atoms with E-state index in [1.54, 1.807) is 4.90 Å². The van der Waals surface area contributed by atoms with Gasteiger partial charge >= 0.3 is 6.09 Å². The van der Waals surface area contributed by atoms with E-state index in [1.165, 1.54) is 0 Å². The predicted molar refractivity (Wildman–Crippen MR) is 96.2 cm³/mol. The van der Waals surface area contributed by atoms with Gasteiger partial charge < -0.3 is 14.7 Å². The number of nitrogens with zero attached hydrogens (tertiary/aromatic N) is 1. The number of ketones is 1. The maximum absolute atomic E-state index is 12.8. The van der Waals surface area contributed by atoms with Gasteiger partial charge in [-0.1, -0.05) is 37.3 Å². The van der Waals surface area contributed by atoms with Crippen LogP contribution in [0, 0.1) is 23.7 Å². The number of hydrogen-bond acceptors (Lipinski definition) is 4. The maximum atomic E-state index is 12.8. The van der Waals surface area contributed by atoms with Crippen LogP contribution in [0.5, 0.6) is 0 Å². The number of benzene rings is 1. The van der Waals surface area contributed by atoms with Gasteiger partial charge in [0.1, 0.15) is 12.4 Å². The fraction of sp³-hybridized carbons (Fsp3) is 0.619. The van der Waals surface area contributed by atoms with Crippen molar-refractivity contribution in [1.29, 1.82) is 0 Å². The number of hydrogen-bond donors (Lipinski definition) is 1. The second-order valence-corrected chi connectivity index (χ2v) is 8.37. The lowest BCUT2D eigenvalue weighted by molar-refractivity contribution is -0.130. The molecule has 6 atom stereocenters. The highest BCUT2D eigenvalue weighted by Crippen LogP contribution is 2.46. The molecule has 2 aliphatic carbocycles. The first-order chi connectivity index (χ1) is 12.5. The van der Waals surface area contributed by atoms with E-state index in [0.29, 0.717) is 31.1 Å². The minimum Gasteiger partial charge on any atom is -0.445 e. The van der Waals surface area contributed by atoms with Gasteiger partial charge in [0.15, 0.2) is 0 Å². The van der Waals surface area contributed by atoms with Crippen molar-refractivity contribution >= 4 is 11.9 Å². The monoisotopic (exact) mass is 357 g/mol. The molecule has 5 rings (SSSR count). The first kappa shape index (κ1) is 17.5. The summed E-state index contributed by atoms with van der Waals surface area (Å²) in [5.74, 6) is 0.855. The number of carbonyl (C=O) groups is 2. The molecule has 0 aromatic heterocycles. The summed E-state index contributed by atoms with van der Waals surface area (Å²) in [6, 6.07) is 9.31. The molecule has 2 saturated heterocycles. The van der Waals surface area contributed by atoms with Crippen molar-refractivity contribution < 1.29 is 19.4 Å². The van der Waals surface area contributed by atoms with Gasteiger partial charge in [-0.25, -0.2) is 4.79 Å². The van der Waals surface area contributed by atoms with E-state index in [9.17, 15) is 14.7 Å². The van der Waals surface area contributed by atoms with E-state index >= 15 is 0 Å². The van der Waals surface area contributed by atoms with E-state index in [1.807, 2.05) is 30.3 Å². The van der Waals surface area contributed by atoms with Gasteiger partial charge in [0.25, 0.3) is 0 Å². The van der Waals surface area contributed by atoms with Gasteiger partial charge in [-0.2, -0.15) is 0 Å². The average Bonchev–Trinajstić information content (AvgIpc) is 2.86. The highest BCUT2D eigenvalue weighted by Gasteiger charge is 2.52. The number of carbonyl (C=O) groups excluding carboxylic acids is 2. The number of aliphatic hydroxyl groups excluding tert-OH is 1. The zero-order valence-corrected chi connectivity index (χ0v) is 15.2. The zero-order valence-electron chi connectivity index (χ0n) is 15.2. The normalized spacial score (nSPS) is 36.4. The molecule has 1 amide bonds. The molecule has 0 radical (unpaired) electrons. The minimum atomic E-state index is -0.564. The van der Waals surface area contributed by atoms with Crippen molar-refractivity contribution in [2.24, 2.45) is 23.7 Å². The highest BCUT2D eigenvalue weighted by molar-refractivity contribution is 5.83. The molecule has 1 N–H and O–H groups in total. The fourth-order valence-electron chi connectivity index (χ4n) is 5.34. The minimum absolute atomic E-state index is 0.00901. The summed E-state index contributed by atoms with van der Waals surface area (Å²) in [4.78, 5) is 27.1. The van der Waals surface area contributed by atoms with E-state index in [0.717, 1.165) is 18.4 Å². The number of amides is 1. The largest absolute Gasteiger partial charge is 0.445 e. The molecule has 1 aromatic carbocycles. The Kier molecular flexibility index (Phi) is 4.74. The quantitative estimate of drug-likeness (QED) is 0.883. The summed E-state index contributed by atoms with van der Waals surface area (Å²) in [7, 11) is 0. The van der Waals surface area contributed by atoms with Crippen molar-refractivity contribution in [3.63, 3.8) is 0 Å². The number of rotatable bonds is 2. The molecule has 140 valence electrons. The van der Waals surface area contributed by atoms with Crippen LogP contribution < -0.4 is 0 Å². The fourth-order valence-corrected chi connectivity index (χ4v) is 5.34. The topological polar surface area (TPSA) is 66.8 Å². The SMILES string of the molecule is C[C@H]1CC(=O)[C@@H]2C[C@H]3C[C@@H](O)[C@@H]([C@@H]2C1)N(C(=O)OCc1ccccc1)C3. The van der Waals surface area contributed by atoms with Crippen LogP contribution in [0.15, 0.2) is 30.3 Å². The molecule has 2 aliphatic heterocycles. The van der Waals surface area contributed by atoms with E-state index < -0.39 is 6.10 Å². The number of piperidine rings is 1. The average molecular weight is 357 g/mol. The molecular weight excluding hydrogens is 330 g/mol. The van der Waals surface area contributed by atoms with Crippen molar-refractivity contribution in [3.05, 3.63) is 35.9 Å². The lowest BCUT2D eigenvalue weighted by Crippen LogP contribution is -2.56. The van der Waals surface area contributed by atoms with E-state index in [2.05, 4.69) is 6.92 Å².